The molecule has 6 nitrogen and oxygen atoms in total. The van der Waals surface area contributed by atoms with Crippen molar-refractivity contribution in [2.75, 3.05) is 11.9 Å². The zero-order valence-electron chi connectivity index (χ0n) is 9.20. The monoisotopic (exact) mass is 259 g/mol. The molecular weight excluding hydrogens is 245 g/mol. The van der Waals surface area contributed by atoms with E-state index in [1.165, 1.54) is 6.92 Å². The average molecular weight is 259 g/mol. The van der Waals surface area contributed by atoms with Crippen molar-refractivity contribution in [2.24, 2.45) is 0 Å². The van der Waals surface area contributed by atoms with Crippen LogP contribution in [0.25, 0.3) is 0 Å². The van der Waals surface area contributed by atoms with Crippen molar-refractivity contribution in [3.63, 3.8) is 0 Å². The molecule has 94 valence electrons. The third kappa shape index (κ3) is 4.19. The lowest BCUT2D eigenvalue weighted by molar-refractivity contribution is -0.134. The molecule has 1 atom stereocenters. The van der Waals surface area contributed by atoms with Gasteiger partial charge in [0, 0.05) is 5.69 Å². The van der Waals surface area contributed by atoms with Gasteiger partial charge in [0.05, 0.1) is 5.66 Å². The summed E-state index contributed by atoms with van der Waals surface area (Å²) in [6, 6.07) is 6.30. The second-order valence-electron chi connectivity index (χ2n) is 3.63. The van der Waals surface area contributed by atoms with E-state index in [1.807, 2.05) is 0 Å². The number of carbonyl (C=O) groups is 1. The fourth-order valence-electron chi connectivity index (χ4n) is 1.25. The standard InChI is InChI=1S/C10H14NO5P/c1-7(17(14,15)16)8-2-4-9(5-3-8)11-6-10(12)13/h2-5,7,11H,6H2,1H3,(H,12,13)(H2,14,15,16). The van der Waals surface area contributed by atoms with E-state index in [0.29, 0.717) is 11.3 Å². The summed E-state index contributed by atoms with van der Waals surface area (Å²) < 4.78 is 11.0. The topological polar surface area (TPSA) is 107 Å². The van der Waals surface area contributed by atoms with Crippen LogP contribution in [0.3, 0.4) is 0 Å². The molecule has 0 fully saturated rings. The van der Waals surface area contributed by atoms with Crippen LogP contribution in [0.15, 0.2) is 24.3 Å². The van der Waals surface area contributed by atoms with Gasteiger partial charge in [0.1, 0.15) is 6.54 Å². The first-order chi connectivity index (χ1) is 7.80. The van der Waals surface area contributed by atoms with E-state index in [2.05, 4.69) is 5.32 Å². The number of nitrogens with one attached hydrogen (secondary N) is 1. The van der Waals surface area contributed by atoms with Crippen LogP contribution >= 0.6 is 7.60 Å². The van der Waals surface area contributed by atoms with E-state index >= 15 is 0 Å². The van der Waals surface area contributed by atoms with Gasteiger partial charge in [-0.1, -0.05) is 12.1 Å². The zero-order valence-corrected chi connectivity index (χ0v) is 10.1. The number of carboxylic acid groups (broad SMARTS) is 1. The summed E-state index contributed by atoms with van der Waals surface area (Å²) in [6.07, 6.45) is 0. The summed E-state index contributed by atoms with van der Waals surface area (Å²) in [4.78, 5) is 28.3. The van der Waals surface area contributed by atoms with Gasteiger partial charge >= 0.3 is 13.6 Å². The van der Waals surface area contributed by atoms with Gasteiger partial charge in [-0.05, 0) is 24.6 Å². The molecule has 0 saturated carbocycles. The van der Waals surface area contributed by atoms with Gasteiger partial charge in [0.15, 0.2) is 0 Å². The van der Waals surface area contributed by atoms with Crippen molar-refractivity contribution in [2.45, 2.75) is 12.6 Å². The number of rotatable bonds is 5. The number of anilines is 1. The summed E-state index contributed by atoms with van der Waals surface area (Å²) in [6.45, 7) is 1.24. The fourth-order valence-corrected chi connectivity index (χ4v) is 1.81. The highest BCUT2D eigenvalue weighted by Crippen LogP contribution is 2.51. The van der Waals surface area contributed by atoms with Gasteiger partial charge < -0.3 is 20.2 Å². The Balaban J connectivity index is 2.74. The molecule has 0 aliphatic heterocycles. The van der Waals surface area contributed by atoms with Crippen molar-refractivity contribution in [1.82, 2.24) is 0 Å². The number of hydrogen-bond acceptors (Lipinski definition) is 3. The highest BCUT2D eigenvalue weighted by Gasteiger charge is 2.25. The molecule has 0 spiro atoms. The van der Waals surface area contributed by atoms with Crippen LogP contribution in [0.4, 0.5) is 5.69 Å². The van der Waals surface area contributed by atoms with E-state index in [1.54, 1.807) is 24.3 Å². The second kappa shape index (κ2) is 5.31. The molecule has 0 saturated heterocycles. The Kier molecular flexibility index (Phi) is 4.28. The van der Waals surface area contributed by atoms with Crippen LogP contribution in [-0.4, -0.2) is 27.4 Å². The zero-order chi connectivity index (χ0) is 13.1. The van der Waals surface area contributed by atoms with Crippen LogP contribution in [-0.2, 0) is 9.36 Å². The molecule has 1 aromatic carbocycles. The molecule has 4 N–H and O–H groups in total. The maximum Gasteiger partial charge on any atom is 0.332 e. The normalized spacial score (nSPS) is 13.1. The van der Waals surface area contributed by atoms with E-state index < -0.39 is 19.2 Å². The first kappa shape index (κ1) is 13.7. The lowest BCUT2D eigenvalue weighted by Crippen LogP contribution is -2.12. The first-order valence-electron chi connectivity index (χ1n) is 4.91. The van der Waals surface area contributed by atoms with Gasteiger partial charge in [0.2, 0.25) is 0 Å². The summed E-state index contributed by atoms with van der Waals surface area (Å²) in [7, 11) is -4.14. The molecule has 0 amide bonds. The van der Waals surface area contributed by atoms with Crippen molar-refractivity contribution in [3.05, 3.63) is 29.8 Å². The Morgan fingerprint density at radius 2 is 1.88 bits per heavy atom. The molecule has 0 radical (unpaired) electrons. The Labute approximate surface area is 98.4 Å². The summed E-state index contributed by atoms with van der Waals surface area (Å²) in [5.74, 6) is -0.974. The van der Waals surface area contributed by atoms with E-state index in [0.717, 1.165) is 0 Å². The number of aliphatic carboxylic acids is 1. The molecule has 1 aromatic rings. The van der Waals surface area contributed by atoms with Crippen LogP contribution in [0, 0.1) is 0 Å². The largest absolute Gasteiger partial charge is 0.480 e. The summed E-state index contributed by atoms with van der Waals surface area (Å²) in [5.41, 5.74) is 0.240. The smallest absolute Gasteiger partial charge is 0.332 e. The molecule has 0 aliphatic carbocycles. The maximum absolute atomic E-state index is 11.0. The van der Waals surface area contributed by atoms with Crippen molar-refractivity contribution in [1.29, 1.82) is 0 Å². The van der Waals surface area contributed by atoms with E-state index in [9.17, 15) is 9.36 Å². The SMILES string of the molecule is CC(c1ccc(NCC(=O)O)cc1)P(=O)(O)O. The number of benzene rings is 1. The first-order valence-corrected chi connectivity index (χ1v) is 6.59. The second-order valence-corrected chi connectivity index (χ2v) is 5.59. The molecule has 0 aliphatic rings. The Bertz CT molecular complexity index is 439. The minimum absolute atomic E-state index is 0.201. The average Bonchev–Trinajstić information content (AvgIpc) is 2.25. The van der Waals surface area contributed by atoms with Gasteiger partial charge in [-0.2, -0.15) is 0 Å². The van der Waals surface area contributed by atoms with Crippen LogP contribution in [0.5, 0.6) is 0 Å². The molecular formula is C10H14NO5P. The van der Waals surface area contributed by atoms with Crippen LogP contribution in [0.2, 0.25) is 0 Å². The predicted octanol–water partition coefficient (Wildman–Crippen LogP) is 1.42. The Hall–Kier alpha value is -1.36. The van der Waals surface area contributed by atoms with Crippen LogP contribution in [0.1, 0.15) is 18.1 Å². The summed E-state index contributed by atoms with van der Waals surface area (Å²) >= 11 is 0. The molecule has 17 heavy (non-hydrogen) atoms. The molecule has 0 heterocycles. The highest BCUT2D eigenvalue weighted by atomic mass is 31.2. The van der Waals surface area contributed by atoms with Crippen LogP contribution < -0.4 is 5.32 Å². The minimum atomic E-state index is -4.14. The van der Waals surface area contributed by atoms with E-state index in [-0.39, 0.29) is 6.54 Å². The molecule has 1 rings (SSSR count). The quantitative estimate of drug-likeness (QED) is 0.596. The van der Waals surface area contributed by atoms with Crippen molar-refractivity contribution < 1.29 is 24.3 Å². The number of hydrogen-bond donors (Lipinski definition) is 4. The minimum Gasteiger partial charge on any atom is -0.480 e. The molecule has 0 bridgehead atoms. The summed E-state index contributed by atoms with van der Waals surface area (Å²) in [5, 5.41) is 11.1. The highest BCUT2D eigenvalue weighted by molar-refractivity contribution is 7.52. The third-order valence-corrected chi connectivity index (χ3v) is 3.65. The third-order valence-electron chi connectivity index (χ3n) is 2.34. The predicted molar refractivity (Wildman–Crippen MR) is 63.0 cm³/mol. The fraction of sp³-hybridized carbons (Fsp3) is 0.300. The van der Waals surface area contributed by atoms with Gasteiger partial charge in [0.25, 0.3) is 0 Å². The van der Waals surface area contributed by atoms with Crippen molar-refractivity contribution >= 4 is 19.3 Å². The maximum atomic E-state index is 11.0. The Morgan fingerprint density at radius 1 is 1.35 bits per heavy atom. The Morgan fingerprint density at radius 3 is 2.29 bits per heavy atom. The van der Waals surface area contributed by atoms with Crippen molar-refractivity contribution in [3.8, 4) is 0 Å². The van der Waals surface area contributed by atoms with Gasteiger partial charge in [-0.3, -0.25) is 9.36 Å². The van der Waals surface area contributed by atoms with E-state index in [4.69, 9.17) is 14.9 Å². The lowest BCUT2D eigenvalue weighted by atomic mass is 10.1. The van der Waals surface area contributed by atoms with Gasteiger partial charge in [-0.25, -0.2) is 0 Å². The van der Waals surface area contributed by atoms with Gasteiger partial charge in [-0.15, -0.1) is 0 Å². The number of carboxylic acids is 1. The lowest BCUT2D eigenvalue weighted by Gasteiger charge is -2.14. The molecule has 1 unspecified atom stereocenters. The molecule has 7 heteroatoms. The molecule has 0 aromatic heterocycles.